The van der Waals surface area contributed by atoms with Crippen molar-refractivity contribution in [1.82, 2.24) is 9.55 Å². The van der Waals surface area contributed by atoms with Crippen LogP contribution in [0.3, 0.4) is 0 Å². The Labute approximate surface area is 232 Å². The Hall–Kier alpha value is -4.61. The zero-order valence-corrected chi connectivity index (χ0v) is 22.9. The van der Waals surface area contributed by atoms with Crippen molar-refractivity contribution in [3.8, 4) is 27.5 Å². The van der Waals surface area contributed by atoms with Crippen molar-refractivity contribution in [3.05, 3.63) is 115 Å². The first kappa shape index (κ1) is 24.7. The van der Waals surface area contributed by atoms with Crippen molar-refractivity contribution in [3.63, 3.8) is 0 Å². The molecule has 0 unspecified atom stereocenters. The first-order chi connectivity index (χ1) is 19.1. The van der Waals surface area contributed by atoms with Gasteiger partial charge in [0, 0.05) is 21.0 Å². The minimum absolute atomic E-state index is 0.723. The normalized spacial score (nSPS) is 12.2. The van der Waals surface area contributed by atoms with Crippen LogP contribution in [0.1, 0.15) is 26.0 Å². The second-order valence-electron chi connectivity index (χ2n) is 9.47. The molecule has 0 atom stereocenters. The summed E-state index contributed by atoms with van der Waals surface area (Å²) < 4.78 is 3.39. The first-order valence-electron chi connectivity index (χ1n) is 13.2. The van der Waals surface area contributed by atoms with E-state index < -0.39 is 0 Å². The van der Waals surface area contributed by atoms with Crippen LogP contribution in [-0.4, -0.2) is 9.55 Å². The molecule has 3 heterocycles. The monoisotopic (exact) mass is 526 g/mol. The molecule has 3 aromatic heterocycles. The molecule has 0 bridgehead atoms. The van der Waals surface area contributed by atoms with Gasteiger partial charge in [-0.2, -0.15) is 0 Å². The molecular weight excluding hydrogens is 496 g/mol. The molecule has 0 aliphatic carbocycles. The molecule has 4 N–H and O–H groups in total. The van der Waals surface area contributed by atoms with E-state index >= 15 is 0 Å². The van der Waals surface area contributed by atoms with E-state index in [9.17, 15) is 0 Å². The van der Waals surface area contributed by atoms with Crippen LogP contribution in [0.15, 0.2) is 109 Å². The summed E-state index contributed by atoms with van der Waals surface area (Å²) in [4.78, 5) is 6.08. The Bertz CT molecular complexity index is 1870. The van der Waals surface area contributed by atoms with Gasteiger partial charge >= 0.3 is 0 Å². The van der Waals surface area contributed by atoms with E-state index in [1.54, 1.807) is 11.3 Å². The Kier molecular flexibility index (Phi) is 6.51. The fraction of sp³-hybridized carbons (Fsp3) is 0.0882. The lowest BCUT2D eigenvalue weighted by atomic mass is 10.1. The van der Waals surface area contributed by atoms with E-state index in [1.165, 1.54) is 0 Å². The molecule has 6 rings (SSSR count). The highest BCUT2D eigenvalue weighted by Gasteiger charge is 2.23. The summed E-state index contributed by atoms with van der Waals surface area (Å²) in [5, 5.41) is 2.05. The maximum Gasteiger partial charge on any atom is 0.0894 e. The number of benzene rings is 3. The van der Waals surface area contributed by atoms with Crippen LogP contribution >= 0.6 is 11.3 Å². The van der Waals surface area contributed by atoms with E-state index in [0.29, 0.717) is 0 Å². The Morgan fingerprint density at radius 3 is 2.33 bits per heavy atom. The number of allylic oxidation sites excluding steroid dienone is 4. The number of pyridine rings is 1. The van der Waals surface area contributed by atoms with Crippen LogP contribution in [0, 0.1) is 0 Å². The molecule has 0 radical (unpaired) electrons. The van der Waals surface area contributed by atoms with Gasteiger partial charge < -0.3 is 16.0 Å². The zero-order valence-electron chi connectivity index (χ0n) is 22.1. The molecule has 4 nitrogen and oxygen atoms in total. The predicted molar refractivity (Wildman–Crippen MR) is 169 cm³/mol. The van der Waals surface area contributed by atoms with Crippen LogP contribution in [-0.2, 0) is 0 Å². The van der Waals surface area contributed by atoms with Crippen LogP contribution in [0.2, 0.25) is 0 Å². The third-order valence-electron chi connectivity index (χ3n) is 7.04. The van der Waals surface area contributed by atoms with Gasteiger partial charge in [0.05, 0.1) is 44.5 Å². The molecule has 0 amide bonds. The van der Waals surface area contributed by atoms with Gasteiger partial charge in [0.25, 0.3) is 0 Å². The van der Waals surface area contributed by atoms with Crippen LogP contribution in [0.25, 0.3) is 54.1 Å². The highest BCUT2D eigenvalue weighted by atomic mass is 32.1. The second-order valence-corrected chi connectivity index (χ2v) is 10.5. The molecule has 0 saturated carbocycles. The topological polar surface area (TPSA) is 69.9 Å². The van der Waals surface area contributed by atoms with Gasteiger partial charge in [-0.05, 0) is 43.2 Å². The highest BCUT2D eigenvalue weighted by molar-refractivity contribution is 7.23. The third kappa shape index (κ3) is 4.31. The minimum atomic E-state index is 0.723. The van der Waals surface area contributed by atoms with Crippen LogP contribution < -0.4 is 11.5 Å². The lowest BCUT2D eigenvalue weighted by Crippen LogP contribution is -2.02. The molecule has 0 aliphatic rings. The summed E-state index contributed by atoms with van der Waals surface area (Å²) in [6.45, 7) is 4.19. The van der Waals surface area contributed by atoms with E-state index in [1.807, 2.05) is 36.4 Å². The molecule has 39 heavy (non-hydrogen) atoms. The van der Waals surface area contributed by atoms with Crippen molar-refractivity contribution in [2.24, 2.45) is 0 Å². The van der Waals surface area contributed by atoms with E-state index in [2.05, 4.69) is 91.2 Å². The maximum absolute atomic E-state index is 6.93. The lowest BCUT2D eigenvalue weighted by Gasteiger charge is -2.15. The molecule has 3 aromatic carbocycles. The molecular formula is C34H30N4S. The van der Waals surface area contributed by atoms with Gasteiger partial charge in [-0.3, -0.25) is 0 Å². The fourth-order valence-electron chi connectivity index (χ4n) is 5.12. The highest BCUT2D eigenvalue weighted by Crippen LogP contribution is 2.47. The van der Waals surface area contributed by atoms with Gasteiger partial charge in [-0.25, -0.2) is 4.98 Å². The summed E-state index contributed by atoms with van der Waals surface area (Å²) in [5.74, 6) is 0. The van der Waals surface area contributed by atoms with Gasteiger partial charge in [0.1, 0.15) is 0 Å². The summed E-state index contributed by atoms with van der Waals surface area (Å²) in [6.07, 6.45) is 7.38. The van der Waals surface area contributed by atoms with Gasteiger partial charge in [0.15, 0.2) is 0 Å². The molecule has 6 aromatic rings. The van der Waals surface area contributed by atoms with Crippen LogP contribution in [0.4, 0.5) is 11.4 Å². The van der Waals surface area contributed by atoms with Crippen molar-refractivity contribution in [1.29, 1.82) is 0 Å². The number of nitrogens with two attached hydrogens (primary N) is 2. The van der Waals surface area contributed by atoms with Crippen molar-refractivity contribution in [2.75, 3.05) is 11.5 Å². The second kappa shape index (κ2) is 10.3. The van der Waals surface area contributed by atoms with Crippen molar-refractivity contribution < 1.29 is 0 Å². The molecule has 0 aliphatic heterocycles. The molecule has 0 saturated heterocycles. The molecule has 192 valence electrons. The molecule has 5 heteroatoms. The van der Waals surface area contributed by atoms with Crippen molar-refractivity contribution in [2.45, 2.75) is 20.3 Å². The Morgan fingerprint density at radius 1 is 0.872 bits per heavy atom. The SMILES string of the molecule is C/C=C(\C=C/CC)c1cc(-n2c(-c3sc4ccccc4c3N)c(N)c3ccccc32)cc(-c2ccccc2)n1. The largest absolute Gasteiger partial charge is 0.397 e. The smallest absolute Gasteiger partial charge is 0.0894 e. The Balaban J connectivity index is 1.70. The van der Waals surface area contributed by atoms with Gasteiger partial charge in [0.2, 0.25) is 0 Å². The summed E-state index contributed by atoms with van der Waals surface area (Å²) in [7, 11) is 0. The Morgan fingerprint density at radius 2 is 1.59 bits per heavy atom. The number of anilines is 2. The average molecular weight is 527 g/mol. The number of thiophene rings is 1. The first-order valence-corrected chi connectivity index (χ1v) is 14.0. The molecule has 0 spiro atoms. The number of rotatable bonds is 6. The van der Waals surface area contributed by atoms with E-state index in [0.717, 1.165) is 77.6 Å². The maximum atomic E-state index is 6.93. The fourth-order valence-corrected chi connectivity index (χ4v) is 6.29. The van der Waals surface area contributed by atoms with Crippen LogP contribution in [0.5, 0.6) is 0 Å². The number of fused-ring (bicyclic) bond motifs is 2. The minimum Gasteiger partial charge on any atom is -0.397 e. The zero-order chi connectivity index (χ0) is 26.9. The quantitative estimate of drug-likeness (QED) is 0.213. The standard InChI is InChI=1S/C34H30N4S/c1-3-5-13-22(4-2)27-20-24(21-28(37-27)23-14-7-6-8-15-23)38-29-18-11-9-16-25(29)31(35)33(38)34-32(36)26-17-10-12-19-30(26)39-34/h4-21H,3,35-36H2,1-2H3/b13-5-,22-4+. The number of nitrogens with zero attached hydrogens (tertiary/aromatic N) is 2. The number of hydrogen-bond donors (Lipinski definition) is 2. The van der Waals surface area contributed by atoms with Gasteiger partial charge in [-0.1, -0.05) is 91.9 Å². The number of aromatic nitrogens is 2. The van der Waals surface area contributed by atoms with Crippen molar-refractivity contribution >= 4 is 49.3 Å². The third-order valence-corrected chi connectivity index (χ3v) is 8.23. The lowest BCUT2D eigenvalue weighted by molar-refractivity contribution is 1.12. The summed E-state index contributed by atoms with van der Waals surface area (Å²) >= 11 is 1.68. The van der Waals surface area contributed by atoms with Gasteiger partial charge in [-0.15, -0.1) is 11.3 Å². The van der Waals surface area contributed by atoms with E-state index in [-0.39, 0.29) is 0 Å². The molecule has 0 fully saturated rings. The average Bonchev–Trinajstić information content (AvgIpc) is 3.47. The number of nitrogen functional groups attached to an aromatic ring is 2. The summed E-state index contributed by atoms with van der Waals surface area (Å²) in [6, 6.07) is 31.1. The summed E-state index contributed by atoms with van der Waals surface area (Å²) in [5.41, 5.74) is 22.1. The number of hydrogen-bond acceptors (Lipinski definition) is 4. The predicted octanol–water partition coefficient (Wildman–Crippen LogP) is 9.11. The number of para-hydroxylation sites is 1. The van der Waals surface area contributed by atoms with E-state index in [4.69, 9.17) is 16.5 Å².